The number of para-hydroxylation sites is 1. The van der Waals surface area contributed by atoms with Crippen LogP contribution in [0.4, 0.5) is 0 Å². The van der Waals surface area contributed by atoms with Crippen molar-refractivity contribution in [1.82, 2.24) is 15.1 Å². The number of likely N-dealkylation sites (tertiary alicyclic amines) is 1. The van der Waals surface area contributed by atoms with E-state index in [1.807, 2.05) is 35.2 Å². The zero-order valence-electron chi connectivity index (χ0n) is 14.4. The van der Waals surface area contributed by atoms with Gasteiger partial charge in [-0.15, -0.1) is 10.2 Å². The minimum Gasteiger partial charge on any atom is -0.481 e. The molecule has 4 rings (SSSR count). The zero-order valence-corrected chi connectivity index (χ0v) is 14.4. The van der Waals surface area contributed by atoms with E-state index in [-0.39, 0.29) is 11.8 Å². The van der Waals surface area contributed by atoms with Crippen molar-refractivity contribution in [2.24, 2.45) is 0 Å². The standard InChI is InChI=1S/C19H23N3O3/c1-13(24-16-5-3-2-4-6-16)19(23)22-11-9-15(10-12-22)18-21-20-17(25-18)14-7-8-14/h2-6,13-15H,7-12H2,1H3. The summed E-state index contributed by atoms with van der Waals surface area (Å²) in [5, 5.41) is 8.38. The fourth-order valence-corrected chi connectivity index (χ4v) is 3.26. The smallest absolute Gasteiger partial charge is 0.263 e. The van der Waals surface area contributed by atoms with Gasteiger partial charge >= 0.3 is 0 Å². The second kappa shape index (κ2) is 6.86. The van der Waals surface area contributed by atoms with Crippen molar-refractivity contribution >= 4 is 5.91 Å². The van der Waals surface area contributed by atoms with E-state index < -0.39 is 6.10 Å². The van der Waals surface area contributed by atoms with Gasteiger partial charge in [-0.25, -0.2) is 0 Å². The van der Waals surface area contributed by atoms with Gasteiger partial charge in [0.1, 0.15) is 5.75 Å². The minimum atomic E-state index is -0.483. The molecule has 2 fully saturated rings. The summed E-state index contributed by atoms with van der Waals surface area (Å²) in [7, 11) is 0. The lowest BCUT2D eigenvalue weighted by Gasteiger charge is -2.32. The van der Waals surface area contributed by atoms with E-state index in [1.165, 1.54) is 0 Å². The van der Waals surface area contributed by atoms with Gasteiger partial charge in [0.05, 0.1) is 0 Å². The monoisotopic (exact) mass is 341 g/mol. The Morgan fingerprint density at radius 1 is 1.08 bits per heavy atom. The predicted molar refractivity (Wildman–Crippen MR) is 91.4 cm³/mol. The van der Waals surface area contributed by atoms with Crippen LogP contribution in [0.15, 0.2) is 34.7 Å². The van der Waals surface area contributed by atoms with Gasteiger partial charge in [-0.2, -0.15) is 0 Å². The van der Waals surface area contributed by atoms with Gasteiger partial charge in [0, 0.05) is 24.9 Å². The molecule has 25 heavy (non-hydrogen) atoms. The fourth-order valence-electron chi connectivity index (χ4n) is 3.26. The molecule has 0 spiro atoms. The highest BCUT2D eigenvalue weighted by molar-refractivity contribution is 5.81. The second-order valence-electron chi connectivity index (χ2n) is 6.93. The number of carbonyl (C=O) groups excluding carboxylic acids is 1. The lowest BCUT2D eigenvalue weighted by molar-refractivity contribution is -0.139. The molecule has 1 aliphatic heterocycles. The Morgan fingerprint density at radius 3 is 2.28 bits per heavy atom. The van der Waals surface area contributed by atoms with Crippen LogP contribution in [0.25, 0.3) is 0 Å². The second-order valence-corrected chi connectivity index (χ2v) is 6.93. The summed E-state index contributed by atoms with van der Waals surface area (Å²) in [6.45, 7) is 3.21. The van der Waals surface area contributed by atoms with Crippen molar-refractivity contribution in [3.63, 3.8) is 0 Å². The molecule has 2 aromatic rings. The van der Waals surface area contributed by atoms with Crippen LogP contribution in [0, 0.1) is 0 Å². The van der Waals surface area contributed by atoms with Crippen LogP contribution in [-0.2, 0) is 4.79 Å². The summed E-state index contributed by atoms with van der Waals surface area (Å²) in [6, 6.07) is 9.46. The average Bonchev–Trinajstić information content (AvgIpc) is 3.39. The maximum absolute atomic E-state index is 12.6. The quantitative estimate of drug-likeness (QED) is 0.836. The molecule has 1 atom stereocenters. The number of hydrogen-bond donors (Lipinski definition) is 0. The van der Waals surface area contributed by atoms with Crippen LogP contribution in [-0.4, -0.2) is 40.2 Å². The highest BCUT2D eigenvalue weighted by Gasteiger charge is 2.33. The van der Waals surface area contributed by atoms with Gasteiger partial charge in [-0.05, 0) is 44.7 Å². The van der Waals surface area contributed by atoms with E-state index in [1.54, 1.807) is 6.92 Å². The van der Waals surface area contributed by atoms with Crippen molar-refractivity contribution in [2.45, 2.75) is 50.5 Å². The van der Waals surface area contributed by atoms with Gasteiger partial charge in [0.15, 0.2) is 6.10 Å². The molecule has 1 saturated heterocycles. The van der Waals surface area contributed by atoms with Gasteiger partial charge in [0.25, 0.3) is 5.91 Å². The first-order valence-electron chi connectivity index (χ1n) is 9.04. The fraction of sp³-hybridized carbons (Fsp3) is 0.526. The molecule has 1 aromatic heterocycles. The van der Waals surface area contributed by atoms with Crippen LogP contribution in [0.3, 0.4) is 0 Å². The van der Waals surface area contributed by atoms with Gasteiger partial charge in [-0.3, -0.25) is 4.79 Å². The van der Waals surface area contributed by atoms with E-state index >= 15 is 0 Å². The van der Waals surface area contributed by atoms with Crippen molar-refractivity contribution in [3.8, 4) is 5.75 Å². The van der Waals surface area contributed by atoms with Gasteiger partial charge in [0.2, 0.25) is 11.8 Å². The topological polar surface area (TPSA) is 68.5 Å². The summed E-state index contributed by atoms with van der Waals surface area (Å²) in [6.07, 6.45) is 3.55. The van der Waals surface area contributed by atoms with Crippen molar-refractivity contribution in [2.75, 3.05) is 13.1 Å². The van der Waals surface area contributed by atoms with E-state index in [9.17, 15) is 4.79 Å². The molecule has 1 unspecified atom stereocenters. The van der Waals surface area contributed by atoms with Gasteiger partial charge < -0.3 is 14.1 Å². The Balaban J connectivity index is 1.30. The van der Waals surface area contributed by atoms with E-state index in [4.69, 9.17) is 9.15 Å². The molecule has 1 aliphatic carbocycles. The van der Waals surface area contributed by atoms with Crippen LogP contribution < -0.4 is 4.74 Å². The first-order chi connectivity index (χ1) is 12.2. The lowest BCUT2D eigenvalue weighted by atomic mass is 9.96. The number of nitrogens with zero attached hydrogens (tertiary/aromatic N) is 3. The van der Waals surface area contributed by atoms with Gasteiger partial charge in [-0.1, -0.05) is 18.2 Å². The third-order valence-corrected chi connectivity index (χ3v) is 4.94. The number of rotatable bonds is 5. The van der Waals surface area contributed by atoms with Crippen molar-refractivity contribution < 1.29 is 13.9 Å². The average molecular weight is 341 g/mol. The number of carbonyl (C=O) groups is 1. The molecule has 6 nitrogen and oxygen atoms in total. The Morgan fingerprint density at radius 2 is 1.68 bits per heavy atom. The summed E-state index contributed by atoms with van der Waals surface area (Å²) < 4.78 is 11.6. The van der Waals surface area contributed by atoms with Crippen LogP contribution in [0.2, 0.25) is 0 Å². The maximum atomic E-state index is 12.6. The number of piperidine rings is 1. The molecule has 2 aliphatic rings. The van der Waals surface area contributed by atoms with Crippen LogP contribution >= 0.6 is 0 Å². The molecular weight excluding hydrogens is 318 g/mol. The molecule has 1 amide bonds. The third kappa shape index (κ3) is 3.67. The molecule has 6 heteroatoms. The third-order valence-electron chi connectivity index (χ3n) is 4.94. The van der Waals surface area contributed by atoms with E-state index in [0.717, 1.165) is 43.2 Å². The first-order valence-corrected chi connectivity index (χ1v) is 9.04. The number of amides is 1. The normalized spacial score (nSPS) is 19.6. The highest BCUT2D eigenvalue weighted by Crippen LogP contribution is 2.40. The Hall–Kier alpha value is -2.37. The summed E-state index contributed by atoms with van der Waals surface area (Å²) in [4.78, 5) is 14.5. The number of ether oxygens (including phenoxy) is 1. The molecule has 0 radical (unpaired) electrons. The highest BCUT2D eigenvalue weighted by atomic mass is 16.5. The molecule has 0 bridgehead atoms. The van der Waals surface area contributed by atoms with E-state index in [2.05, 4.69) is 10.2 Å². The maximum Gasteiger partial charge on any atom is 0.263 e. The molecular formula is C19H23N3O3. The van der Waals surface area contributed by atoms with Crippen molar-refractivity contribution in [1.29, 1.82) is 0 Å². The SMILES string of the molecule is CC(Oc1ccccc1)C(=O)N1CCC(c2nnc(C3CC3)o2)CC1. The molecule has 1 saturated carbocycles. The molecule has 1 aromatic carbocycles. The summed E-state index contributed by atoms with van der Waals surface area (Å²) in [5.74, 6) is 3.03. The van der Waals surface area contributed by atoms with Crippen LogP contribution in [0.1, 0.15) is 56.2 Å². The molecule has 132 valence electrons. The first kappa shape index (κ1) is 16.1. The Bertz CT molecular complexity index is 719. The summed E-state index contributed by atoms with van der Waals surface area (Å²) >= 11 is 0. The minimum absolute atomic E-state index is 0.0338. The number of hydrogen-bond acceptors (Lipinski definition) is 5. The van der Waals surface area contributed by atoms with E-state index in [0.29, 0.717) is 19.0 Å². The van der Waals surface area contributed by atoms with Crippen molar-refractivity contribution in [3.05, 3.63) is 42.1 Å². The Kier molecular flexibility index (Phi) is 4.42. The lowest BCUT2D eigenvalue weighted by Crippen LogP contribution is -2.44. The summed E-state index contributed by atoms with van der Waals surface area (Å²) in [5.41, 5.74) is 0. The predicted octanol–water partition coefficient (Wildman–Crippen LogP) is 3.12. The molecule has 2 heterocycles. The number of benzene rings is 1. The van der Waals surface area contributed by atoms with Crippen LogP contribution in [0.5, 0.6) is 5.75 Å². The Labute approximate surface area is 147 Å². The largest absolute Gasteiger partial charge is 0.481 e. The zero-order chi connectivity index (χ0) is 17.2. The molecule has 0 N–H and O–H groups in total. The number of aromatic nitrogens is 2.